The van der Waals surface area contributed by atoms with Crippen molar-refractivity contribution >= 4 is 29.1 Å². The van der Waals surface area contributed by atoms with Gasteiger partial charge in [-0.15, -0.1) is 0 Å². The van der Waals surface area contributed by atoms with E-state index in [0.717, 1.165) is 48.9 Å². The van der Waals surface area contributed by atoms with Crippen LogP contribution in [0.3, 0.4) is 0 Å². The standard InChI is InChI=1S/C16H19ClN4O/c1-11-9-12(2)15(13(17)10-11)20-16-18-4-3-14(19-16)21-5-7-22-8-6-21/h3-4,9-10H,5-8H2,1-2H3,(H,18,19,20). The van der Waals surface area contributed by atoms with Crippen LogP contribution < -0.4 is 10.2 Å². The third-order valence-electron chi connectivity index (χ3n) is 3.64. The molecule has 3 rings (SSSR count). The Morgan fingerprint density at radius 3 is 2.73 bits per heavy atom. The van der Waals surface area contributed by atoms with Crippen molar-refractivity contribution < 1.29 is 4.74 Å². The van der Waals surface area contributed by atoms with E-state index >= 15 is 0 Å². The molecule has 1 aliphatic rings. The summed E-state index contributed by atoms with van der Waals surface area (Å²) in [5, 5.41) is 3.91. The summed E-state index contributed by atoms with van der Waals surface area (Å²) < 4.78 is 5.37. The van der Waals surface area contributed by atoms with E-state index < -0.39 is 0 Å². The summed E-state index contributed by atoms with van der Waals surface area (Å²) in [7, 11) is 0. The fourth-order valence-corrected chi connectivity index (χ4v) is 2.93. The lowest BCUT2D eigenvalue weighted by Gasteiger charge is -2.27. The first kappa shape index (κ1) is 15.1. The number of anilines is 3. The number of hydrogen-bond acceptors (Lipinski definition) is 5. The van der Waals surface area contributed by atoms with Gasteiger partial charge in [0.05, 0.1) is 23.9 Å². The highest BCUT2D eigenvalue weighted by Crippen LogP contribution is 2.29. The molecule has 22 heavy (non-hydrogen) atoms. The molecule has 0 amide bonds. The van der Waals surface area contributed by atoms with Gasteiger partial charge < -0.3 is 15.0 Å². The van der Waals surface area contributed by atoms with E-state index in [4.69, 9.17) is 16.3 Å². The molecule has 6 heteroatoms. The molecule has 2 heterocycles. The average Bonchev–Trinajstić information content (AvgIpc) is 2.52. The maximum absolute atomic E-state index is 6.33. The average molecular weight is 319 g/mol. The summed E-state index contributed by atoms with van der Waals surface area (Å²) in [6.07, 6.45) is 1.76. The summed E-state index contributed by atoms with van der Waals surface area (Å²) in [6, 6.07) is 5.93. The lowest BCUT2D eigenvalue weighted by atomic mass is 10.1. The van der Waals surface area contributed by atoms with Crippen molar-refractivity contribution in [3.8, 4) is 0 Å². The van der Waals surface area contributed by atoms with Crippen LogP contribution >= 0.6 is 11.6 Å². The topological polar surface area (TPSA) is 50.3 Å². The number of benzene rings is 1. The minimum Gasteiger partial charge on any atom is -0.378 e. The molecule has 0 atom stereocenters. The number of rotatable bonds is 3. The first-order valence-corrected chi connectivity index (χ1v) is 7.71. The van der Waals surface area contributed by atoms with Crippen molar-refractivity contribution in [3.63, 3.8) is 0 Å². The van der Waals surface area contributed by atoms with Gasteiger partial charge in [0.2, 0.25) is 5.95 Å². The quantitative estimate of drug-likeness (QED) is 0.940. The monoisotopic (exact) mass is 318 g/mol. The fourth-order valence-electron chi connectivity index (χ4n) is 2.56. The third-order valence-corrected chi connectivity index (χ3v) is 3.94. The van der Waals surface area contributed by atoms with Crippen molar-refractivity contribution in [3.05, 3.63) is 40.5 Å². The lowest BCUT2D eigenvalue weighted by molar-refractivity contribution is 0.122. The second-order valence-electron chi connectivity index (χ2n) is 5.40. The smallest absolute Gasteiger partial charge is 0.229 e. The molecular formula is C16H19ClN4O. The van der Waals surface area contributed by atoms with Crippen LogP contribution in [0.5, 0.6) is 0 Å². The number of aromatic nitrogens is 2. The molecule has 0 radical (unpaired) electrons. The summed E-state index contributed by atoms with van der Waals surface area (Å²) in [6.45, 7) is 7.21. The Bertz CT molecular complexity index is 648. The molecule has 0 unspecified atom stereocenters. The van der Waals surface area contributed by atoms with E-state index in [0.29, 0.717) is 11.0 Å². The van der Waals surface area contributed by atoms with Crippen LogP contribution in [0.25, 0.3) is 0 Å². The van der Waals surface area contributed by atoms with E-state index in [1.807, 2.05) is 26.0 Å². The molecule has 1 aromatic carbocycles. The number of morpholine rings is 1. The van der Waals surface area contributed by atoms with Gasteiger partial charge in [-0.05, 0) is 37.1 Å². The number of halogens is 1. The van der Waals surface area contributed by atoms with Gasteiger partial charge in [0, 0.05) is 19.3 Å². The van der Waals surface area contributed by atoms with Gasteiger partial charge in [0.15, 0.2) is 0 Å². The van der Waals surface area contributed by atoms with Crippen LogP contribution in [0, 0.1) is 13.8 Å². The summed E-state index contributed by atoms with van der Waals surface area (Å²) in [5.41, 5.74) is 3.06. The maximum atomic E-state index is 6.33. The van der Waals surface area contributed by atoms with Gasteiger partial charge >= 0.3 is 0 Å². The zero-order valence-corrected chi connectivity index (χ0v) is 13.5. The molecular weight excluding hydrogens is 300 g/mol. The second kappa shape index (κ2) is 6.50. The molecule has 1 fully saturated rings. The molecule has 5 nitrogen and oxygen atoms in total. The Morgan fingerprint density at radius 1 is 1.23 bits per heavy atom. The fraction of sp³-hybridized carbons (Fsp3) is 0.375. The molecule has 0 saturated carbocycles. The molecule has 0 aliphatic carbocycles. The number of nitrogens with one attached hydrogen (secondary N) is 1. The Kier molecular flexibility index (Phi) is 4.45. The van der Waals surface area contributed by atoms with E-state index in [-0.39, 0.29) is 0 Å². The minimum atomic E-state index is 0.554. The Morgan fingerprint density at radius 2 is 2.00 bits per heavy atom. The van der Waals surface area contributed by atoms with Crippen molar-refractivity contribution in [2.24, 2.45) is 0 Å². The SMILES string of the molecule is Cc1cc(C)c(Nc2nccc(N3CCOCC3)n2)c(Cl)c1. The van der Waals surface area contributed by atoms with E-state index in [9.17, 15) is 0 Å². The second-order valence-corrected chi connectivity index (χ2v) is 5.81. The zero-order chi connectivity index (χ0) is 15.5. The molecule has 1 aliphatic heterocycles. The zero-order valence-electron chi connectivity index (χ0n) is 12.8. The van der Waals surface area contributed by atoms with Gasteiger partial charge in [-0.1, -0.05) is 17.7 Å². The first-order chi connectivity index (χ1) is 10.6. The molecule has 1 aromatic heterocycles. The highest BCUT2D eigenvalue weighted by Gasteiger charge is 2.14. The Hall–Kier alpha value is -1.85. The van der Waals surface area contributed by atoms with Crippen LogP contribution in [0.2, 0.25) is 5.02 Å². The first-order valence-electron chi connectivity index (χ1n) is 7.33. The summed E-state index contributed by atoms with van der Waals surface area (Å²) in [4.78, 5) is 11.1. The normalized spacial score (nSPS) is 15.0. The number of ether oxygens (including phenoxy) is 1. The highest BCUT2D eigenvalue weighted by atomic mass is 35.5. The van der Waals surface area contributed by atoms with Crippen LogP contribution in [0.1, 0.15) is 11.1 Å². The molecule has 2 aromatic rings. The van der Waals surface area contributed by atoms with Crippen molar-refractivity contribution in [1.29, 1.82) is 0 Å². The summed E-state index contributed by atoms with van der Waals surface area (Å²) in [5.74, 6) is 1.46. The largest absolute Gasteiger partial charge is 0.378 e. The minimum absolute atomic E-state index is 0.554. The Balaban J connectivity index is 1.84. The van der Waals surface area contributed by atoms with Gasteiger partial charge in [-0.2, -0.15) is 4.98 Å². The predicted molar refractivity (Wildman–Crippen MR) is 89.3 cm³/mol. The summed E-state index contributed by atoms with van der Waals surface area (Å²) >= 11 is 6.33. The molecule has 1 N–H and O–H groups in total. The Labute approximate surface area is 135 Å². The van der Waals surface area contributed by atoms with E-state index in [1.165, 1.54) is 0 Å². The lowest BCUT2D eigenvalue weighted by Crippen LogP contribution is -2.36. The van der Waals surface area contributed by atoms with Gasteiger partial charge in [0.1, 0.15) is 5.82 Å². The molecule has 0 spiro atoms. The van der Waals surface area contributed by atoms with Gasteiger partial charge in [-0.3, -0.25) is 0 Å². The van der Waals surface area contributed by atoms with Crippen LogP contribution in [0.15, 0.2) is 24.4 Å². The van der Waals surface area contributed by atoms with Crippen LogP contribution in [-0.4, -0.2) is 36.3 Å². The molecule has 1 saturated heterocycles. The molecule has 0 bridgehead atoms. The van der Waals surface area contributed by atoms with Gasteiger partial charge in [-0.25, -0.2) is 4.98 Å². The van der Waals surface area contributed by atoms with Crippen molar-refractivity contribution in [2.45, 2.75) is 13.8 Å². The number of hydrogen-bond donors (Lipinski definition) is 1. The van der Waals surface area contributed by atoms with Crippen molar-refractivity contribution in [1.82, 2.24) is 9.97 Å². The van der Waals surface area contributed by atoms with Crippen LogP contribution in [0.4, 0.5) is 17.5 Å². The van der Waals surface area contributed by atoms with E-state index in [2.05, 4.69) is 26.3 Å². The predicted octanol–water partition coefficient (Wildman–Crippen LogP) is 3.33. The van der Waals surface area contributed by atoms with Crippen LogP contribution in [-0.2, 0) is 4.74 Å². The third kappa shape index (κ3) is 3.31. The van der Waals surface area contributed by atoms with Gasteiger partial charge in [0.25, 0.3) is 0 Å². The van der Waals surface area contributed by atoms with Crippen molar-refractivity contribution in [2.75, 3.05) is 36.5 Å². The van der Waals surface area contributed by atoms with E-state index in [1.54, 1.807) is 6.20 Å². The number of aryl methyl sites for hydroxylation is 2. The number of nitrogens with zero attached hydrogens (tertiary/aromatic N) is 3. The highest BCUT2D eigenvalue weighted by molar-refractivity contribution is 6.33. The maximum Gasteiger partial charge on any atom is 0.229 e. The molecule has 116 valence electrons.